The molecule has 7 nitrogen and oxygen atoms in total. The highest BCUT2D eigenvalue weighted by Gasteiger charge is 2.18. The Morgan fingerprint density at radius 1 is 1.35 bits per heavy atom. The van der Waals surface area contributed by atoms with Gasteiger partial charge in [-0.2, -0.15) is 0 Å². The van der Waals surface area contributed by atoms with Gasteiger partial charge in [0.2, 0.25) is 5.78 Å². The van der Waals surface area contributed by atoms with Crippen molar-refractivity contribution < 1.29 is 14.3 Å². The second-order valence-electron chi connectivity index (χ2n) is 3.24. The summed E-state index contributed by atoms with van der Waals surface area (Å²) >= 11 is 0. The number of carbonyl (C=O) groups is 2. The average molecular weight is 234 g/mol. The lowest BCUT2D eigenvalue weighted by Gasteiger charge is -2.01. The maximum atomic E-state index is 11.5. The number of rotatable bonds is 4. The molecule has 0 amide bonds. The van der Waals surface area contributed by atoms with Gasteiger partial charge in [-0.3, -0.25) is 4.79 Å². The number of fused-ring (bicyclic) bond motifs is 1. The fourth-order valence-corrected chi connectivity index (χ4v) is 1.38. The van der Waals surface area contributed by atoms with Gasteiger partial charge in [-0.1, -0.05) is 0 Å². The summed E-state index contributed by atoms with van der Waals surface area (Å²) in [6.07, 6.45) is 2.63. The number of hydrogen-bond acceptors (Lipinski definition) is 6. The van der Waals surface area contributed by atoms with E-state index in [2.05, 4.69) is 24.7 Å². The molecule has 0 aliphatic carbocycles. The summed E-state index contributed by atoms with van der Waals surface area (Å²) in [5.41, 5.74) is 1.46. The van der Waals surface area contributed by atoms with Crippen molar-refractivity contribution >= 4 is 22.9 Å². The maximum Gasteiger partial charge on any atom is 0.375 e. The van der Waals surface area contributed by atoms with E-state index >= 15 is 0 Å². The highest BCUT2D eigenvalue weighted by molar-refractivity contribution is 6.34. The Balaban J connectivity index is 2.21. The van der Waals surface area contributed by atoms with Crippen molar-refractivity contribution in [3.05, 3.63) is 18.3 Å². The fraction of sp³-hybridized carbons (Fsp3) is 0.300. The number of aromatic amines is 1. The lowest BCUT2D eigenvalue weighted by Crippen LogP contribution is -2.20. The molecular formula is C10H10N4O3. The zero-order valence-corrected chi connectivity index (χ0v) is 9.14. The van der Waals surface area contributed by atoms with Crippen molar-refractivity contribution in [2.45, 2.75) is 13.3 Å². The lowest BCUT2D eigenvalue weighted by molar-refractivity contribution is -0.153. The van der Waals surface area contributed by atoms with Gasteiger partial charge in [0.1, 0.15) is 11.8 Å². The minimum Gasteiger partial charge on any atom is -0.460 e. The molecule has 2 aromatic heterocycles. The molecule has 0 aliphatic heterocycles. The van der Waals surface area contributed by atoms with Gasteiger partial charge < -0.3 is 9.72 Å². The molecule has 0 bridgehead atoms. The van der Waals surface area contributed by atoms with Crippen LogP contribution < -0.4 is 0 Å². The van der Waals surface area contributed by atoms with E-state index in [1.165, 1.54) is 12.7 Å². The van der Waals surface area contributed by atoms with Gasteiger partial charge >= 0.3 is 5.97 Å². The predicted molar refractivity (Wildman–Crippen MR) is 57.0 cm³/mol. The second kappa shape index (κ2) is 4.69. The van der Waals surface area contributed by atoms with E-state index in [1.54, 1.807) is 6.92 Å². The fourth-order valence-electron chi connectivity index (χ4n) is 1.38. The molecule has 0 fully saturated rings. The van der Waals surface area contributed by atoms with E-state index in [-0.39, 0.29) is 13.0 Å². The standard InChI is InChI=1S/C10H10N4O3/c1-2-17-10(16)7(15)3-6-8-9(13-4-11-6)14-5-12-8/h4-5H,2-3H2,1H3,(H,11,12,13,14). The highest BCUT2D eigenvalue weighted by atomic mass is 16.5. The van der Waals surface area contributed by atoms with E-state index in [1.807, 2.05) is 0 Å². The summed E-state index contributed by atoms with van der Waals surface area (Å²) in [7, 11) is 0. The number of aromatic nitrogens is 4. The van der Waals surface area contributed by atoms with Crippen molar-refractivity contribution in [2.24, 2.45) is 0 Å². The first kappa shape index (κ1) is 11.2. The number of carbonyl (C=O) groups excluding carboxylic acids is 2. The second-order valence-corrected chi connectivity index (χ2v) is 3.24. The van der Waals surface area contributed by atoms with E-state index in [0.29, 0.717) is 16.9 Å². The molecule has 2 rings (SSSR count). The zero-order valence-electron chi connectivity index (χ0n) is 9.14. The summed E-state index contributed by atoms with van der Waals surface area (Å²) < 4.78 is 4.61. The molecule has 2 aromatic rings. The van der Waals surface area contributed by atoms with Crippen molar-refractivity contribution in [1.29, 1.82) is 0 Å². The van der Waals surface area contributed by atoms with Crippen LogP contribution in [0.3, 0.4) is 0 Å². The number of esters is 1. The van der Waals surface area contributed by atoms with Crippen molar-refractivity contribution in [2.75, 3.05) is 6.61 Å². The third-order valence-corrected chi connectivity index (χ3v) is 2.13. The number of nitrogens with one attached hydrogen (secondary N) is 1. The van der Waals surface area contributed by atoms with Crippen LogP contribution in [0.1, 0.15) is 12.6 Å². The topological polar surface area (TPSA) is 97.8 Å². The van der Waals surface area contributed by atoms with Crippen molar-refractivity contribution in [3.8, 4) is 0 Å². The van der Waals surface area contributed by atoms with Crippen LogP contribution in [0.4, 0.5) is 0 Å². The normalized spacial score (nSPS) is 10.4. The van der Waals surface area contributed by atoms with Crippen LogP contribution in [0.2, 0.25) is 0 Å². The Hall–Kier alpha value is -2.31. The quantitative estimate of drug-likeness (QED) is 0.592. The number of ketones is 1. The van der Waals surface area contributed by atoms with Crippen LogP contribution in [-0.4, -0.2) is 38.3 Å². The number of Topliss-reactive ketones (excluding diaryl/α,β-unsaturated/α-hetero) is 1. The van der Waals surface area contributed by atoms with Crippen LogP contribution in [-0.2, 0) is 20.7 Å². The molecule has 7 heteroatoms. The third-order valence-electron chi connectivity index (χ3n) is 2.13. The number of ether oxygens (including phenoxy) is 1. The van der Waals surface area contributed by atoms with Crippen LogP contribution in [0, 0.1) is 0 Å². The number of imidazole rings is 1. The van der Waals surface area contributed by atoms with Crippen LogP contribution >= 0.6 is 0 Å². The van der Waals surface area contributed by atoms with Gasteiger partial charge in [0.15, 0.2) is 5.65 Å². The summed E-state index contributed by atoms with van der Waals surface area (Å²) in [6, 6.07) is 0. The third kappa shape index (κ3) is 2.27. The molecule has 0 atom stereocenters. The van der Waals surface area contributed by atoms with Gasteiger partial charge in [0, 0.05) is 0 Å². The Morgan fingerprint density at radius 3 is 2.94 bits per heavy atom. The summed E-state index contributed by atoms with van der Waals surface area (Å²) in [5.74, 6) is -1.49. The molecule has 0 saturated heterocycles. The number of hydrogen-bond donors (Lipinski definition) is 1. The van der Waals surface area contributed by atoms with Gasteiger partial charge in [-0.15, -0.1) is 0 Å². The molecule has 0 radical (unpaired) electrons. The first-order valence-corrected chi connectivity index (χ1v) is 5.05. The SMILES string of the molecule is CCOC(=O)C(=O)Cc1ncnc2nc[nH]c12. The molecule has 0 aliphatic rings. The predicted octanol–water partition coefficient (Wildman–Crippen LogP) is 0.0276. The number of H-pyrrole nitrogens is 1. The van der Waals surface area contributed by atoms with E-state index < -0.39 is 11.8 Å². The Labute approximate surface area is 96.2 Å². The molecule has 1 N–H and O–H groups in total. The molecule has 0 saturated carbocycles. The molecule has 88 valence electrons. The lowest BCUT2D eigenvalue weighted by atomic mass is 10.2. The smallest absolute Gasteiger partial charge is 0.375 e. The monoisotopic (exact) mass is 234 g/mol. The first-order chi connectivity index (χ1) is 8.22. The van der Waals surface area contributed by atoms with E-state index in [0.717, 1.165) is 0 Å². The molecule has 2 heterocycles. The van der Waals surface area contributed by atoms with Crippen molar-refractivity contribution in [3.63, 3.8) is 0 Å². The largest absolute Gasteiger partial charge is 0.460 e. The first-order valence-electron chi connectivity index (χ1n) is 5.05. The van der Waals surface area contributed by atoms with Crippen LogP contribution in [0.15, 0.2) is 12.7 Å². The van der Waals surface area contributed by atoms with Crippen molar-refractivity contribution in [1.82, 2.24) is 19.9 Å². The molecule has 0 spiro atoms. The Morgan fingerprint density at radius 2 is 2.18 bits per heavy atom. The van der Waals surface area contributed by atoms with E-state index in [4.69, 9.17) is 0 Å². The minimum absolute atomic E-state index is 0.125. The highest BCUT2D eigenvalue weighted by Crippen LogP contribution is 2.10. The number of nitrogens with zero attached hydrogens (tertiary/aromatic N) is 3. The van der Waals surface area contributed by atoms with Gasteiger partial charge in [0.05, 0.1) is 25.0 Å². The molecule has 0 unspecified atom stereocenters. The summed E-state index contributed by atoms with van der Waals surface area (Å²) in [5, 5.41) is 0. The zero-order chi connectivity index (χ0) is 12.3. The Kier molecular flexibility index (Phi) is 3.08. The van der Waals surface area contributed by atoms with Crippen LogP contribution in [0.25, 0.3) is 11.2 Å². The minimum atomic E-state index is -0.848. The molecule has 17 heavy (non-hydrogen) atoms. The molecular weight excluding hydrogens is 224 g/mol. The van der Waals surface area contributed by atoms with E-state index in [9.17, 15) is 9.59 Å². The average Bonchev–Trinajstić information content (AvgIpc) is 2.78. The van der Waals surface area contributed by atoms with Gasteiger partial charge in [-0.25, -0.2) is 19.7 Å². The molecule has 0 aromatic carbocycles. The van der Waals surface area contributed by atoms with Gasteiger partial charge in [0.25, 0.3) is 0 Å². The summed E-state index contributed by atoms with van der Waals surface area (Å²) in [4.78, 5) is 37.3. The van der Waals surface area contributed by atoms with Crippen LogP contribution in [0.5, 0.6) is 0 Å². The maximum absolute atomic E-state index is 11.5. The van der Waals surface area contributed by atoms with Gasteiger partial charge in [-0.05, 0) is 6.92 Å². The summed E-state index contributed by atoms with van der Waals surface area (Å²) in [6.45, 7) is 1.82. The Bertz CT molecular complexity index is 563.